The van der Waals surface area contributed by atoms with Crippen LogP contribution in [0.2, 0.25) is 0 Å². The van der Waals surface area contributed by atoms with Gasteiger partial charge >= 0.3 is 0 Å². The molecule has 0 amide bonds. The van der Waals surface area contributed by atoms with E-state index in [1.165, 1.54) is 5.56 Å². The monoisotopic (exact) mass is 238 g/mol. The third-order valence-electron chi connectivity index (χ3n) is 3.07. The standard InChI is InChI=1S/C12H18N2OS/c1-9(10-4-2-3-5-11(10)13)14-6-7-15-12(16)8-14/h2-5,9,12,16H,6-8,13H2,1H3. The van der Waals surface area contributed by atoms with Crippen LogP contribution < -0.4 is 5.73 Å². The molecule has 1 aliphatic heterocycles. The highest BCUT2D eigenvalue weighted by molar-refractivity contribution is 7.80. The Hall–Kier alpha value is -0.710. The first-order chi connectivity index (χ1) is 7.68. The SMILES string of the molecule is CC(c1ccccc1N)N1CCOC(S)C1. The molecule has 2 rings (SSSR count). The zero-order valence-electron chi connectivity index (χ0n) is 9.47. The van der Waals surface area contributed by atoms with Crippen LogP contribution >= 0.6 is 12.6 Å². The minimum atomic E-state index is 0.0149. The number of benzene rings is 1. The highest BCUT2D eigenvalue weighted by Crippen LogP contribution is 2.27. The fourth-order valence-corrected chi connectivity index (χ4v) is 2.41. The van der Waals surface area contributed by atoms with Gasteiger partial charge in [-0.15, -0.1) is 12.6 Å². The summed E-state index contributed by atoms with van der Waals surface area (Å²) in [5, 5.41) is 0. The number of morpholine rings is 1. The van der Waals surface area contributed by atoms with Gasteiger partial charge in [-0.3, -0.25) is 4.90 Å². The lowest BCUT2D eigenvalue weighted by Gasteiger charge is -2.35. The minimum absolute atomic E-state index is 0.0149. The molecule has 0 saturated carbocycles. The van der Waals surface area contributed by atoms with Gasteiger partial charge in [-0.25, -0.2) is 0 Å². The molecule has 1 fully saturated rings. The topological polar surface area (TPSA) is 38.5 Å². The summed E-state index contributed by atoms with van der Waals surface area (Å²) in [6.45, 7) is 4.70. The molecular weight excluding hydrogens is 220 g/mol. The molecule has 0 bridgehead atoms. The second-order valence-electron chi connectivity index (χ2n) is 4.13. The molecule has 2 N–H and O–H groups in total. The van der Waals surface area contributed by atoms with E-state index < -0.39 is 0 Å². The maximum absolute atomic E-state index is 5.99. The van der Waals surface area contributed by atoms with Crippen LogP contribution in [0, 0.1) is 0 Å². The Morgan fingerprint density at radius 2 is 2.25 bits per heavy atom. The van der Waals surface area contributed by atoms with Gasteiger partial charge in [-0.05, 0) is 18.6 Å². The van der Waals surface area contributed by atoms with Gasteiger partial charge in [0.05, 0.1) is 6.61 Å². The molecule has 2 unspecified atom stereocenters. The van der Waals surface area contributed by atoms with Gasteiger partial charge in [0, 0.05) is 24.8 Å². The normalized spacial score (nSPS) is 24.2. The van der Waals surface area contributed by atoms with Crippen LogP contribution in [0.25, 0.3) is 0 Å². The van der Waals surface area contributed by atoms with Crippen molar-refractivity contribution in [3.8, 4) is 0 Å². The van der Waals surface area contributed by atoms with Crippen molar-refractivity contribution in [3.63, 3.8) is 0 Å². The zero-order chi connectivity index (χ0) is 11.5. The maximum atomic E-state index is 5.99. The molecule has 4 heteroatoms. The van der Waals surface area contributed by atoms with Crippen molar-refractivity contribution in [2.75, 3.05) is 25.4 Å². The number of ether oxygens (including phenoxy) is 1. The molecule has 0 aromatic heterocycles. The Morgan fingerprint density at radius 3 is 2.94 bits per heavy atom. The van der Waals surface area contributed by atoms with Gasteiger partial charge < -0.3 is 10.5 Å². The maximum Gasteiger partial charge on any atom is 0.113 e. The summed E-state index contributed by atoms with van der Waals surface area (Å²) in [5.41, 5.74) is 8.04. The van der Waals surface area contributed by atoms with Crippen molar-refractivity contribution in [1.29, 1.82) is 0 Å². The lowest BCUT2D eigenvalue weighted by atomic mass is 10.0. The van der Waals surface area contributed by atoms with E-state index >= 15 is 0 Å². The molecule has 0 radical (unpaired) electrons. The van der Waals surface area contributed by atoms with Gasteiger partial charge in [0.1, 0.15) is 5.44 Å². The van der Waals surface area contributed by atoms with E-state index in [4.69, 9.17) is 10.5 Å². The number of rotatable bonds is 2. The molecular formula is C12H18N2OS. The third kappa shape index (κ3) is 2.51. The first-order valence-electron chi connectivity index (χ1n) is 5.56. The molecule has 1 heterocycles. The summed E-state index contributed by atoms with van der Waals surface area (Å²) < 4.78 is 5.42. The number of nitrogens with two attached hydrogens (primary N) is 1. The van der Waals surface area contributed by atoms with Gasteiger partial charge in [-0.2, -0.15) is 0 Å². The summed E-state index contributed by atoms with van der Waals surface area (Å²) in [5.74, 6) is 0. The van der Waals surface area contributed by atoms with Crippen molar-refractivity contribution in [1.82, 2.24) is 4.90 Å². The molecule has 1 aromatic carbocycles. The second kappa shape index (κ2) is 5.08. The number of para-hydroxylation sites is 1. The lowest BCUT2D eigenvalue weighted by molar-refractivity contribution is 0.00280. The first-order valence-corrected chi connectivity index (χ1v) is 6.08. The molecule has 0 aliphatic carbocycles. The summed E-state index contributed by atoms with van der Waals surface area (Å²) in [6.07, 6.45) is 0. The average molecular weight is 238 g/mol. The van der Waals surface area contributed by atoms with Crippen molar-refractivity contribution in [2.45, 2.75) is 18.4 Å². The number of thiol groups is 1. The summed E-state index contributed by atoms with van der Waals surface area (Å²) >= 11 is 4.36. The van der Waals surface area contributed by atoms with E-state index in [0.717, 1.165) is 25.4 Å². The van der Waals surface area contributed by atoms with Gasteiger partial charge in [0.15, 0.2) is 0 Å². The van der Waals surface area contributed by atoms with E-state index in [9.17, 15) is 0 Å². The highest BCUT2D eigenvalue weighted by atomic mass is 32.1. The van der Waals surface area contributed by atoms with Crippen LogP contribution in [0.4, 0.5) is 5.69 Å². The number of hydrogen-bond acceptors (Lipinski definition) is 4. The van der Waals surface area contributed by atoms with Crippen LogP contribution in [-0.2, 0) is 4.74 Å². The smallest absolute Gasteiger partial charge is 0.113 e. The lowest BCUT2D eigenvalue weighted by Crippen LogP contribution is -2.41. The van der Waals surface area contributed by atoms with Gasteiger partial charge in [0.25, 0.3) is 0 Å². The zero-order valence-corrected chi connectivity index (χ0v) is 10.4. The van der Waals surface area contributed by atoms with Gasteiger partial charge in [0.2, 0.25) is 0 Å². The highest BCUT2D eigenvalue weighted by Gasteiger charge is 2.23. The van der Waals surface area contributed by atoms with Crippen LogP contribution in [0.3, 0.4) is 0 Å². The molecule has 1 saturated heterocycles. The third-order valence-corrected chi connectivity index (χ3v) is 3.39. The number of nitrogen functional groups attached to an aromatic ring is 1. The second-order valence-corrected chi connectivity index (χ2v) is 4.70. The van der Waals surface area contributed by atoms with E-state index in [0.29, 0.717) is 6.04 Å². The molecule has 0 spiro atoms. The van der Waals surface area contributed by atoms with Gasteiger partial charge in [-0.1, -0.05) is 18.2 Å². The summed E-state index contributed by atoms with van der Waals surface area (Å²) in [7, 11) is 0. The quantitative estimate of drug-likeness (QED) is 0.611. The van der Waals surface area contributed by atoms with Crippen LogP contribution in [-0.4, -0.2) is 30.0 Å². The van der Waals surface area contributed by atoms with Crippen molar-refractivity contribution in [2.24, 2.45) is 0 Å². The molecule has 16 heavy (non-hydrogen) atoms. The fourth-order valence-electron chi connectivity index (χ4n) is 2.09. The Labute approximate surface area is 102 Å². The molecule has 1 aliphatic rings. The Kier molecular flexibility index (Phi) is 3.74. The van der Waals surface area contributed by atoms with Crippen molar-refractivity contribution in [3.05, 3.63) is 29.8 Å². The van der Waals surface area contributed by atoms with E-state index in [1.54, 1.807) is 0 Å². The Bertz CT molecular complexity index is 359. The molecule has 3 nitrogen and oxygen atoms in total. The van der Waals surface area contributed by atoms with E-state index in [2.05, 4.69) is 30.5 Å². The number of nitrogens with zero attached hydrogens (tertiary/aromatic N) is 1. The molecule has 1 aromatic rings. The van der Waals surface area contributed by atoms with Crippen molar-refractivity contribution >= 4 is 18.3 Å². The summed E-state index contributed by atoms with van der Waals surface area (Å²) in [6, 6.07) is 8.35. The minimum Gasteiger partial charge on any atom is -0.398 e. The van der Waals surface area contributed by atoms with Crippen LogP contribution in [0.15, 0.2) is 24.3 Å². The number of hydrogen-bond donors (Lipinski definition) is 2. The predicted molar refractivity (Wildman–Crippen MR) is 69.6 cm³/mol. The largest absolute Gasteiger partial charge is 0.398 e. The van der Waals surface area contributed by atoms with Crippen LogP contribution in [0.1, 0.15) is 18.5 Å². The van der Waals surface area contributed by atoms with Crippen molar-refractivity contribution < 1.29 is 4.74 Å². The molecule has 88 valence electrons. The molecule has 2 atom stereocenters. The Balaban J connectivity index is 2.12. The number of anilines is 1. The van der Waals surface area contributed by atoms with Crippen LogP contribution in [0.5, 0.6) is 0 Å². The summed E-state index contributed by atoms with van der Waals surface area (Å²) in [4.78, 5) is 2.35. The fraction of sp³-hybridized carbons (Fsp3) is 0.500. The van der Waals surface area contributed by atoms with E-state index in [1.807, 2.05) is 18.2 Å². The average Bonchev–Trinajstić information content (AvgIpc) is 2.29. The predicted octanol–water partition coefficient (Wildman–Crippen LogP) is 1.92. The Morgan fingerprint density at radius 1 is 1.50 bits per heavy atom. The first kappa shape index (κ1) is 11.8. The van der Waals surface area contributed by atoms with E-state index in [-0.39, 0.29) is 5.44 Å².